The van der Waals surface area contributed by atoms with Gasteiger partial charge in [-0.15, -0.1) is 0 Å². The molecule has 0 spiro atoms. The fourth-order valence-corrected chi connectivity index (χ4v) is 2.62. The Kier molecular flexibility index (Phi) is 5.06. The van der Waals surface area contributed by atoms with Gasteiger partial charge in [-0.2, -0.15) is 0 Å². The van der Waals surface area contributed by atoms with Crippen molar-refractivity contribution in [3.05, 3.63) is 34.6 Å². The Morgan fingerprint density at radius 2 is 2.24 bits per heavy atom. The second-order valence-electron chi connectivity index (χ2n) is 5.58. The Hall–Kier alpha value is -1.33. The van der Waals surface area contributed by atoms with E-state index in [1.54, 1.807) is 24.8 Å². The molecule has 2 rings (SSSR count). The largest absolute Gasteiger partial charge is 0.393 e. The van der Waals surface area contributed by atoms with Crippen molar-refractivity contribution in [1.82, 2.24) is 10.2 Å². The number of likely N-dealkylation sites (tertiary alicyclic amines) is 1. The van der Waals surface area contributed by atoms with Crippen LogP contribution in [0.5, 0.6) is 0 Å². The maximum absolute atomic E-state index is 13.4. The predicted octanol–water partition coefficient (Wildman–Crippen LogP) is 2.95. The Balaban J connectivity index is 1.95. The molecular formula is C15H20ClFN2O2. The van der Waals surface area contributed by atoms with Gasteiger partial charge in [-0.25, -0.2) is 9.18 Å². The molecule has 1 aromatic carbocycles. The number of hydrogen-bond donors (Lipinski definition) is 2. The van der Waals surface area contributed by atoms with Crippen LogP contribution in [0.15, 0.2) is 18.2 Å². The molecule has 0 radical (unpaired) electrons. The van der Waals surface area contributed by atoms with E-state index in [9.17, 15) is 14.3 Å². The first-order valence-corrected chi connectivity index (χ1v) is 7.44. The summed E-state index contributed by atoms with van der Waals surface area (Å²) in [6.45, 7) is 4.71. The van der Waals surface area contributed by atoms with Crippen LogP contribution < -0.4 is 5.32 Å². The quantitative estimate of drug-likeness (QED) is 0.901. The third-order valence-corrected chi connectivity index (χ3v) is 4.28. The van der Waals surface area contributed by atoms with Crippen molar-refractivity contribution in [2.75, 3.05) is 13.1 Å². The molecule has 1 heterocycles. The molecule has 1 aliphatic rings. The molecule has 1 aliphatic heterocycles. The zero-order chi connectivity index (χ0) is 15.6. The number of carbonyl (C=O) groups excluding carboxylic acids is 1. The van der Waals surface area contributed by atoms with E-state index in [-0.39, 0.29) is 23.0 Å². The number of benzene rings is 1. The normalized spacial score (nSPS) is 21.2. The number of hydrogen-bond acceptors (Lipinski definition) is 2. The maximum atomic E-state index is 13.4. The van der Waals surface area contributed by atoms with Crippen LogP contribution in [-0.2, 0) is 0 Å². The molecule has 2 N–H and O–H groups in total. The lowest BCUT2D eigenvalue weighted by atomic mass is 10.0. The minimum atomic E-state index is -0.495. The van der Waals surface area contributed by atoms with Gasteiger partial charge in [-0.1, -0.05) is 17.7 Å². The minimum Gasteiger partial charge on any atom is -0.393 e. The zero-order valence-corrected chi connectivity index (χ0v) is 12.9. The third kappa shape index (κ3) is 3.86. The maximum Gasteiger partial charge on any atom is 0.317 e. The molecule has 6 heteroatoms. The average Bonchev–Trinajstić information content (AvgIpc) is 2.91. The number of nitrogens with zero attached hydrogens (tertiary/aromatic N) is 1. The van der Waals surface area contributed by atoms with Crippen molar-refractivity contribution in [3.63, 3.8) is 0 Å². The number of nitrogens with one attached hydrogen (secondary N) is 1. The van der Waals surface area contributed by atoms with Gasteiger partial charge < -0.3 is 15.3 Å². The van der Waals surface area contributed by atoms with Gasteiger partial charge in [-0.05, 0) is 38.0 Å². The van der Waals surface area contributed by atoms with Gasteiger partial charge in [0.25, 0.3) is 0 Å². The number of rotatable bonds is 3. The van der Waals surface area contributed by atoms with E-state index >= 15 is 0 Å². The highest BCUT2D eigenvalue weighted by molar-refractivity contribution is 6.30. The first-order chi connectivity index (χ1) is 9.88. The number of amides is 2. The topological polar surface area (TPSA) is 52.6 Å². The van der Waals surface area contributed by atoms with Crippen LogP contribution in [-0.4, -0.2) is 35.2 Å². The Bertz CT molecular complexity index is 524. The molecule has 4 nitrogen and oxygen atoms in total. The van der Waals surface area contributed by atoms with E-state index < -0.39 is 11.9 Å². The average molecular weight is 315 g/mol. The molecule has 1 fully saturated rings. The zero-order valence-electron chi connectivity index (χ0n) is 12.1. The number of urea groups is 1. The van der Waals surface area contributed by atoms with Crippen LogP contribution in [0.25, 0.3) is 0 Å². The molecule has 3 atom stereocenters. The van der Waals surface area contributed by atoms with Crippen LogP contribution in [0.2, 0.25) is 5.02 Å². The monoisotopic (exact) mass is 314 g/mol. The highest BCUT2D eigenvalue weighted by atomic mass is 35.5. The molecule has 2 amide bonds. The van der Waals surface area contributed by atoms with Crippen molar-refractivity contribution >= 4 is 17.6 Å². The highest BCUT2D eigenvalue weighted by Gasteiger charge is 2.29. The first-order valence-electron chi connectivity index (χ1n) is 7.07. The minimum absolute atomic E-state index is 0.0663. The molecule has 0 bridgehead atoms. The fourth-order valence-electron chi connectivity index (χ4n) is 2.51. The molecule has 1 aromatic rings. The van der Waals surface area contributed by atoms with E-state index in [1.165, 1.54) is 12.1 Å². The summed E-state index contributed by atoms with van der Waals surface area (Å²) in [6.07, 6.45) is 0.389. The summed E-state index contributed by atoms with van der Waals surface area (Å²) in [4.78, 5) is 13.8. The molecule has 0 aliphatic carbocycles. The van der Waals surface area contributed by atoms with E-state index in [2.05, 4.69) is 5.32 Å². The van der Waals surface area contributed by atoms with E-state index in [0.717, 1.165) is 6.42 Å². The second kappa shape index (κ2) is 6.62. The van der Waals surface area contributed by atoms with Gasteiger partial charge in [-0.3, -0.25) is 0 Å². The Labute approximate surface area is 128 Å². The van der Waals surface area contributed by atoms with Crippen LogP contribution in [0.4, 0.5) is 9.18 Å². The van der Waals surface area contributed by atoms with E-state index in [4.69, 9.17) is 11.6 Å². The van der Waals surface area contributed by atoms with Crippen molar-refractivity contribution in [2.24, 2.45) is 5.92 Å². The van der Waals surface area contributed by atoms with Gasteiger partial charge in [0, 0.05) is 19.0 Å². The van der Waals surface area contributed by atoms with Crippen LogP contribution >= 0.6 is 11.6 Å². The Morgan fingerprint density at radius 1 is 1.52 bits per heavy atom. The van der Waals surface area contributed by atoms with Gasteiger partial charge in [0.15, 0.2) is 0 Å². The summed E-state index contributed by atoms with van der Waals surface area (Å²) in [5.74, 6) is -0.371. The SMILES string of the molecule is CC(NC(=O)N1CCC(C(C)O)C1)c1ccc(Cl)c(F)c1. The summed E-state index contributed by atoms with van der Waals surface area (Å²) >= 11 is 5.65. The molecular weight excluding hydrogens is 295 g/mol. The van der Waals surface area contributed by atoms with Crippen molar-refractivity contribution in [1.29, 1.82) is 0 Å². The van der Waals surface area contributed by atoms with E-state index in [0.29, 0.717) is 18.7 Å². The first kappa shape index (κ1) is 16.0. The van der Waals surface area contributed by atoms with Crippen molar-refractivity contribution in [3.8, 4) is 0 Å². The van der Waals surface area contributed by atoms with Crippen LogP contribution in [0.3, 0.4) is 0 Å². The van der Waals surface area contributed by atoms with Crippen molar-refractivity contribution in [2.45, 2.75) is 32.4 Å². The lowest BCUT2D eigenvalue weighted by molar-refractivity contribution is 0.129. The van der Waals surface area contributed by atoms with Gasteiger partial charge >= 0.3 is 6.03 Å². The molecule has 3 unspecified atom stereocenters. The highest BCUT2D eigenvalue weighted by Crippen LogP contribution is 2.22. The summed E-state index contributed by atoms with van der Waals surface area (Å²) in [5, 5.41) is 12.5. The third-order valence-electron chi connectivity index (χ3n) is 3.98. The van der Waals surface area contributed by atoms with Crippen molar-refractivity contribution < 1.29 is 14.3 Å². The smallest absolute Gasteiger partial charge is 0.317 e. The van der Waals surface area contributed by atoms with Gasteiger partial charge in [0.1, 0.15) is 5.82 Å². The number of carbonyl (C=O) groups is 1. The summed E-state index contributed by atoms with van der Waals surface area (Å²) in [7, 11) is 0. The van der Waals surface area contributed by atoms with Gasteiger partial charge in [0.05, 0.1) is 17.2 Å². The predicted molar refractivity (Wildman–Crippen MR) is 79.7 cm³/mol. The Morgan fingerprint density at radius 3 is 2.81 bits per heavy atom. The van der Waals surface area contributed by atoms with E-state index in [1.807, 2.05) is 0 Å². The lowest BCUT2D eigenvalue weighted by Crippen LogP contribution is -2.40. The molecule has 116 valence electrons. The fraction of sp³-hybridized carbons (Fsp3) is 0.533. The second-order valence-corrected chi connectivity index (χ2v) is 5.99. The number of aliphatic hydroxyl groups excluding tert-OH is 1. The molecule has 0 aromatic heterocycles. The van der Waals surface area contributed by atoms with Crippen LogP contribution in [0.1, 0.15) is 31.9 Å². The lowest BCUT2D eigenvalue weighted by Gasteiger charge is -2.22. The summed E-state index contributed by atoms with van der Waals surface area (Å²) < 4.78 is 13.4. The number of halogens is 2. The van der Waals surface area contributed by atoms with Crippen LogP contribution in [0, 0.1) is 11.7 Å². The molecule has 21 heavy (non-hydrogen) atoms. The molecule has 1 saturated heterocycles. The molecule has 0 saturated carbocycles. The summed E-state index contributed by atoms with van der Waals surface area (Å²) in [5.41, 5.74) is 0.663. The van der Waals surface area contributed by atoms with Gasteiger partial charge in [0.2, 0.25) is 0 Å². The summed E-state index contributed by atoms with van der Waals surface area (Å²) in [6, 6.07) is 4.00. The number of aliphatic hydroxyl groups is 1. The standard InChI is InChI=1S/C15H20ClFN2O2/c1-9(11-3-4-13(16)14(17)7-11)18-15(21)19-6-5-12(8-19)10(2)20/h3-4,7,9-10,12,20H,5-6,8H2,1-2H3,(H,18,21).